The maximum absolute atomic E-state index is 12.8. The zero-order valence-corrected chi connectivity index (χ0v) is 10.9. The van der Waals surface area contributed by atoms with Gasteiger partial charge in [-0.3, -0.25) is 0 Å². The van der Waals surface area contributed by atoms with Gasteiger partial charge in [-0.1, -0.05) is 31.4 Å². The molecule has 2 aliphatic rings. The molecule has 0 bridgehead atoms. The van der Waals surface area contributed by atoms with E-state index in [0.717, 1.165) is 6.04 Å². The summed E-state index contributed by atoms with van der Waals surface area (Å²) in [6.45, 7) is 0. The van der Waals surface area contributed by atoms with Gasteiger partial charge in [-0.2, -0.15) is 0 Å². The lowest BCUT2D eigenvalue weighted by Crippen LogP contribution is -2.46. The van der Waals surface area contributed by atoms with Crippen molar-refractivity contribution in [1.29, 1.82) is 0 Å². The second kappa shape index (κ2) is 5.40. The maximum atomic E-state index is 12.8. The van der Waals surface area contributed by atoms with Crippen LogP contribution < -0.4 is 5.32 Å². The highest BCUT2D eigenvalue weighted by Crippen LogP contribution is 2.37. The van der Waals surface area contributed by atoms with E-state index in [1.54, 1.807) is 12.1 Å². The maximum Gasteiger partial charge on any atom is 0.123 e. The van der Waals surface area contributed by atoms with Crippen molar-refractivity contribution in [2.24, 2.45) is 0 Å². The largest absolute Gasteiger partial charge is 0.311 e. The van der Waals surface area contributed by atoms with Crippen molar-refractivity contribution < 1.29 is 4.39 Å². The lowest BCUT2D eigenvalue weighted by molar-refractivity contribution is 0.238. The molecule has 1 aromatic carbocycles. The van der Waals surface area contributed by atoms with E-state index >= 15 is 0 Å². The molecule has 2 fully saturated rings. The number of hydrogen-bond acceptors (Lipinski definition) is 1. The van der Waals surface area contributed by atoms with Crippen LogP contribution in [0.3, 0.4) is 0 Å². The summed E-state index contributed by atoms with van der Waals surface area (Å²) in [4.78, 5) is 0. The van der Waals surface area contributed by atoms with Crippen LogP contribution in [0.1, 0.15) is 56.4 Å². The molecule has 18 heavy (non-hydrogen) atoms. The summed E-state index contributed by atoms with van der Waals surface area (Å²) >= 11 is 0. The Labute approximate surface area is 109 Å². The molecule has 0 unspecified atom stereocenters. The normalized spacial score (nSPS) is 28.9. The molecule has 0 spiro atoms. The van der Waals surface area contributed by atoms with Crippen LogP contribution in [0.15, 0.2) is 24.3 Å². The summed E-state index contributed by atoms with van der Waals surface area (Å²) in [6.07, 6.45) is 9.37. The first-order valence-electron chi connectivity index (χ1n) is 7.33. The van der Waals surface area contributed by atoms with E-state index in [2.05, 4.69) is 5.32 Å². The van der Waals surface area contributed by atoms with Crippen LogP contribution in [-0.2, 0) is 0 Å². The third kappa shape index (κ3) is 2.74. The Bertz CT molecular complexity index is 375. The zero-order chi connectivity index (χ0) is 12.4. The van der Waals surface area contributed by atoms with Crippen molar-refractivity contribution in [3.05, 3.63) is 35.6 Å². The standard InChI is InChI=1S/C16H22FN/c17-14-8-6-12(7-9-14)13-10-16(11-13)18-15-4-2-1-3-5-15/h6-9,13,15-16,18H,1-5,10-11H2. The Balaban J connectivity index is 1.46. The molecule has 0 saturated heterocycles. The first-order chi connectivity index (χ1) is 8.81. The van der Waals surface area contributed by atoms with Crippen LogP contribution >= 0.6 is 0 Å². The highest BCUT2D eigenvalue weighted by atomic mass is 19.1. The summed E-state index contributed by atoms with van der Waals surface area (Å²) in [7, 11) is 0. The Morgan fingerprint density at radius 2 is 1.56 bits per heavy atom. The van der Waals surface area contributed by atoms with Gasteiger partial charge >= 0.3 is 0 Å². The number of rotatable bonds is 3. The zero-order valence-electron chi connectivity index (χ0n) is 10.9. The third-order valence-corrected chi connectivity index (χ3v) is 4.56. The number of benzene rings is 1. The molecule has 2 aliphatic carbocycles. The monoisotopic (exact) mass is 247 g/mol. The van der Waals surface area contributed by atoms with E-state index in [1.165, 1.54) is 50.5 Å². The van der Waals surface area contributed by atoms with Gasteiger partial charge < -0.3 is 5.32 Å². The van der Waals surface area contributed by atoms with Gasteiger partial charge in [0.25, 0.3) is 0 Å². The quantitative estimate of drug-likeness (QED) is 0.851. The van der Waals surface area contributed by atoms with E-state index in [1.807, 2.05) is 12.1 Å². The minimum atomic E-state index is -0.130. The smallest absolute Gasteiger partial charge is 0.123 e. The summed E-state index contributed by atoms with van der Waals surface area (Å²) in [5.74, 6) is 0.515. The molecule has 98 valence electrons. The van der Waals surface area contributed by atoms with E-state index in [0.29, 0.717) is 12.0 Å². The van der Waals surface area contributed by atoms with E-state index in [9.17, 15) is 4.39 Å². The van der Waals surface area contributed by atoms with Crippen LogP contribution in [0.5, 0.6) is 0 Å². The summed E-state index contributed by atoms with van der Waals surface area (Å²) in [5, 5.41) is 3.79. The number of hydrogen-bond donors (Lipinski definition) is 1. The predicted molar refractivity (Wildman–Crippen MR) is 72.2 cm³/mol. The fraction of sp³-hybridized carbons (Fsp3) is 0.625. The molecule has 1 nitrogen and oxygen atoms in total. The van der Waals surface area contributed by atoms with Crippen molar-refractivity contribution in [2.75, 3.05) is 0 Å². The average molecular weight is 247 g/mol. The Kier molecular flexibility index (Phi) is 3.64. The molecule has 2 heteroatoms. The van der Waals surface area contributed by atoms with Gasteiger partial charge in [0.15, 0.2) is 0 Å². The summed E-state index contributed by atoms with van der Waals surface area (Å²) in [5.41, 5.74) is 1.30. The van der Waals surface area contributed by atoms with Gasteiger partial charge in [-0.15, -0.1) is 0 Å². The molecule has 2 saturated carbocycles. The van der Waals surface area contributed by atoms with Crippen molar-refractivity contribution in [2.45, 2.75) is 62.9 Å². The summed E-state index contributed by atoms with van der Waals surface area (Å²) in [6, 6.07) is 8.50. The van der Waals surface area contributed by atoms with Crippen LogP contribution in [0.2, 0.25) is 0 Å². The lowest BCUT2D eigenvalue weighted by atomic mass is 9.75. The van der Waals surface area contributed by atoms with E-state index < -0.39 is 0 Å². The Morgan fingerprint density at radius 3 is 2.22 bits per heavy atom. The van der Waals surface area contributed by atoms with Crippen LogP contribution in [-0.4, -0.2) is 12.1 Å². The minimum Gasteiger partial charge on any atom is -0.311 e. The number of halogens is 1. The van der Waals surface area contributed by atoms with Gasteiger partial charge in [0.1, 0.15) is 5.82 Å². The van der Waals surface area contributed by atoms with Crippen molar-refractivity contribution in [1.82, 2.24) is 5.32 Å². The molecule has 3 rings (SSSR count). The fourth-order valence-corrected chi connectivity index (χ4v) is 3.36. The third-order valence-electron chi connectivity index (χ3n) is 4.56. The number of nitrogens with one attached hydrogen (secondary N) is 1. The molecule has 0 amide bonds. The van der Waals surface area contributed by atoms with Crippen molar-refractivity contribution >= 4 is 0 Å². The summed E-state index contributed by atoms with van der Waals surface area (Å²) < 4.78 is 12.8. The van der Waals surface area contributed by atoms with Gasteiger partial charge in [-0.25, -0.2) is 4.39 Å². The molecule has 0 radical (unpaired) electrons. The molecule has 0 aliphatic heterocycles. The van der Waals surface area contributed by atoms with E-state index in [4.69, 9.17) is 0 Å². The van der Waals surface area contributed by atoms with Crippen molar-refractivity contribution in [3.63, 3.8) is 0 Å². The lowest BCUT2D eigenvalue weighted by Gasteiger charge is -2.39. The Morgan fingerprint density at radius 1 is 0.889 bits per heavy atom. The van der Waals surface area contributed by atoms with Crippen LogP contribution in [0.25, 0.3) is 0 Å². The molecule has 0 heterocycles. The van der Waals surface area contributed by atoms with Crippen LogP contribution in [0.4, 0.5) is 4.39 Å². The van der Waals surface area contributed by atoms with Gasteiger partial charge in [-0.05, 0) is 49.3 Å². The first kappa shape index (κ1) is 12.2. The second-order valence-electron chi connectivity index (χ2n) is 5.92. The SMILES string of the molecule is Fc1ccc(C2CC(NC3CCCCC3)C2)cc1. The van der Waals surface area contributed by atoms with Gasteiger partial charge in [0.2, 0.25) is 0 Å². The minimum absolute atomic E-state index is 0.130. The Hall–Kier alpha value is -0.890. The molecule has 0 aromatic heterocycles. The first-order valence-corrected chi connectivity index (χ1v) is 7.33. The molecule has 1 N–H and O–H groups in total. The van der Waals surface area contributed by atoms with E-state index in [-0.39, 0.29) is 5.82 Å². The highest BCUT2D eigenvalue weighted by molar-refractivity contribution is 5.23. The highest BCUT2D eigenvalue weighted by Gasteiger charge is 2.31. The molecular weight excluding hydrogens is 225 g/mol. The fourth-order valence-electron chi connectivity index (χ4n) is 3.36. The van der Waals surface area contributed by atoms with Crippen LogP contribution in [0, 0.1) is 5.82 Å². The average Bonchev–Trinajstić information content (AvgIpc) is 2.36. The van der Waals surface area contributed by atoms with Gasteiger partial charge in [0.05, 0.1) is 0 Å². The van der Waals surface area contributed by atoms with Crippen molar-refractivity contribution in [3.8, 4) is 0 Å². The second-order valence-corrected chi connectivity index (χ2v) is 5.92. The molecule has 0 atom stereocenters. The predicted octanol–water partition coefficient (Wildman–Crippen LogP) is 3.99. The van der Waals surface area contributed by atoms with Gasteiger partial charge in [0, 0.05) is 12.1 Å². The molecular formula is C16H22FN. The topological polar surface area (TPSA) is 12.0 Å². The molecule has 1 aromatic rings.